The zero-order valence-corrected chi connectivity index (χ0v) is 11.0. The van der Waals surface area contributed by atoms with Crippen molar-refractivity contribution >= 4 is 17.1 Å². The molecule has 0 aliphatic carbocycles. The number of carbonyl (C=O) groups excluding carboxylic acids is 1. The predicted octanol–water partition coefficient (Wildman–Crippen LogP) is 4.61. The van der Waals surface area contributed by atoms with Gasteiger partial charge in [0.25, 0.3) is 0 Å². The summed E-state index contributed by atoms with van der Waals surface area (Å²) in [5.74, 6) is 0.435. The number of ketones is 1. The van der Waals surface area contributed by atoms with Gasteiger partial charge in [0.1, 0.15) is 5.78 Å². The van der Waals surface area contributed by atoms with Crippen molar-refractivity contribution in [2.45, 2.75) is 58.3 Å². The second kappa shape index (κ2) is 8.51. The van der Waals surface area contributed by atoms with Gasteiger partial charge in [0.2, 0.25) is 0 Å². The van der Waals surface area contributed by atoms with Crippen LogP contribution in [0.4, 0.5) is 0 Å². The van der Waals surface area contributed by atoms with Gasteiger partial charge in [0, 0.05) is 17.7 Å². The van der Waals surface area contributed by atoms with Crippen molar-refractivity contribution in [2.24, 2.45) is 0 Å². The molecule has 1 heterocycles. The Morgan fingerprint density at radius 3 is 2.69 bits per heavy atom. The van der Waals surface area contributed by atoms with Crippen molar-refractivity contribution in [3.8, 4) is 0 Å². The van der Waals surface area contributed by atoms with E-state index < -0.39 is 0 Å². The van der Waals surface area contributed by atoms with Crippen LogP contribution in [0.3, 0.4) is 0 Å². The summed E-state index contributed by atoms with van der Waals surface area (Å²) in [6.07, 6.45) is 8.63. The van der Waals surface area contributed by atoms with Crippen molar-refractivity contribution in [1.29, 1.82) is 0 Å². The predicted molar refractivity (Wildman–Crippen MR) is 71.0 cm³/mol. The van der Waals surface area contributed by atoms with Gasteiger partial charge in [0.05, 0.1) is 0 Å². The molecule has 0 aliphatic heterocycles. The quantitative estimate of drug-likeness (QED) is 0.574. The topological polar surface area (TPSA) is 17.1 Å². The average Bonchev–Trinajstić information content (AvgIpc) is 2.79. The number of aryl methyl sites for hydroxylation is 1. The van der Waals surface area contributed by atoms with Crippen LogP contribution in [-0.2, 0) is 11.2 Å². The fourth-order valence-electron chi connectivity index (χ4n) is 1.77. The molecule has 0 saturated carbocycles. The number of hydrogen-bond acceptors (Lipinski definition) is 2. The van der Waals surface area contributed by atoms with Crippen molar-refractivity contribution in [3.05, 3.63) is 22.4 Å². The zero-order valence-electron chi connectivity index (χ0n) is 10.2. The summed E-state index contributed by atoms with van der Waals surface area (Å²) in [5, 5.41) is 2.07. The molecule has 2 heteroatoms. The minimum absolute atomic E-state index is 0.435. The Morgan fingerprint density at radius 2 is 2.00 bits per heavy atom. The van der Waals surface area contributed by atoms with Crippen LogP contribution < -0.4 is 0 Å². The maximum atomic E-state index is 11.6. The van der Waals surface area contributed by atoms with Crippen LogP contribution in [0.1, 0.15) is 56.7 Å². The van der Waals surface area contributed by atoms with E-state index in [2.05, 4.69) is 24.4 Å². The lowest BCUT2D eigenvalue weighted by molar-refractivity contribution is -0.119. The van der Waals surface area contributed by atoms with Crippen LogP contribution in [0, 0.1) is 0 Å². The Labute approximate surface area is 103 Å². The molecule has 0 bridgehead atoms. The fraction of sp³-hybridized carbons (Fsp3) is 0.643. The third kappa shape index (κ3) is 6.06. The second-order valence-corrected chi connectivity index (χ2v) is 5.31. The summed E-state index contributed by atoms with van der Waals surface area (Å²) in [6.45, 7) is 2.21. The molecule has 1 aromatic heterocycles. The second-order valence-electron chi connectivity index (χ2n) is 4.28. The SMILES string of the molecule is CCCCCCCC(=O)CCc1cccs1. The van der Waals surface area contributed by atoms with E-state index in [9.17, 15) is 4.79 Å². The lowest BCUT2D eigenvalue weighted by Crippen LogP contribution is -1.99. The van der Waals surface area contributed by atoms with Crippen LogP contribution in [0.5, 0.6) is 0 Å². The fourth-order valence-corrected chi connectivity index (χ4v) is 2.48. The van der Waals surface area contributed by atoms with Gasteiger partial charge in [-0.15, -0.1) is 11.3 Å². The zero-order chi connectivity index (χ0) is 11.6. The summed E-state index contributed by atoms with van der Waals surface area (Å²) >= 11 is 1.75. The molecule has 0 fully saturated rings. The number of carbonyl (C=O) groups is 1. The molecule has 0 saturated heterocycles. The van der Waals surface area contributed by atoms with Crippen molar-refractivity contribution in [3.63, 3.8) is 0 Å². The van der Waals surface area contributed by atoms with E-state index in [1.165, 1.54) is 30.6 Å². The van der Waals surface area contributed by atoms with Gasteiger partial charge in [-0.25, -0.2) is 0 Å². The molecule has 0 atom stereocenters. The highest BCUT2D eigenvalue weighted by atomic mass is 32.1. The first kappa shape index (κ1) is 13.4. The number of rotatable bonds is 9. The first-order chi connectivity index (χ1) is 7.83. The average molecular weight is 238 g/mol. The summed E-state index contributed by atoms with van der Waals surface area (Å²) in [5.41, 5.74) is 0. The van der Waals surface area contributed by atoms with Crippen LogP contribution >= 0.6 is 11.3 Å². The Balaban J connectivity index is 1.99. The molecular weight excluding hydrogens is 216 g/mol. The Kier molecular flexibility index (Phi) is 7.15. The minimum Gasteiger partial charge on any atom is -0.300 e. The molecule has 0 unspecified atom stereocenters. The van der Waals surface area contributed by atoms with Crippen LogP contribution in [0.2, 0.25) is 0 Å². The van der Waals surface area contributed by atoms with E-state index in [0.29, 0.717) is 5.78 Å². The molecule has 90 valence electrons. The Bertz CT molecular complexity index is 277. The molecule has 1 nitrogen and oxygen atoms in total. The highest BCUT2D eigenvalue weighted by molar-refractivity contribution is 7.09. The molecule has 0 spiro atoms. The van der Waals surface area contributed by atoms with Gasteiger partial charge in [-0.3, -0.25) is 4.79 Å². The Morgan fingerprint density at radius 1 is 1.19 bits per heavy atom. The van der Waals surface area contributed by atoms with Gasteiger partial charge >= 0.3 is 0 Å². The van der Waals surface area contributed by atoms with Gasteiger partial charge in [-0.2, -0.15) is 0 Å². The van der Waals surface area contributed by atoms with Crippen molar-refractivity contribution in [2.75, 3.05) is 0 Å². The van der Waals surface area contributed by atoms with Crippen molar-refractivity contribution < 1.29 is 4.79 Å². The van der Waals surface area contributed by atoms with Gasteiger partial charge in [-0.05, 0) is 24.3 Å². The van der Waals surface area contributed by atoms with Crippen LogP contribution in [-0.4, -0.2) is 5.78 Å². The monoisotopic (exact) mass is 238 g/mol. The molecule has 0 N–H and O–H groups in total. The molecular formula is C14H22OS. The lowest BCUT2D eigenvalue weighted by Gasteiger charge is -2.00. The standard InChI is InChI=1S/C14H22OS/c1-2-3-4-5-6-8-13(15)10-11-14-9-7-12-16-14/h7,9,12H,2-6,8,10-11H2,1H3. The summed E-state index contributed by atoms with van der Waals surface area (Å²) in [6, 6.07) is 4.16. The van der Waals surface area contributed by atoms with Gasteiger partial charge in [-0.1, -0.05) is 38.7 Å². The van der Waals surface area contributed by atoms with Gasteiger partial charge in [0.15, 0.2) is 0 Å². The molecule has 1 aromatic rings. The maximum Gasteiger partial charge on any atom is 0.133 e. The van der Waals surface area contributed by atoms with E-state index >= 15 is 0 Å². The van der Waals surface area contributed by atoms with Gasteiger partial charge < -0.3 is 0 Å². The highest BCUT2D eigenvalue weighted by Crippen LogP contribution is 2.12. The molecule has 0 amide bonds. The molecule has 16 heavy (non-hydrogen) atoms. The smallest absolute Gasteiger partial charge is 0.133 e. The third-order valence-electron chi connectivity index (χ3n) is 2.79. The van der Waals surface area contributed by atoms with E-state index in [-0.39, 0.29) is 0 Å². The van der Waals surface area contributed by atoms with E-state index in [4.69, 9.17) is 0 Å². The number of thiophene rings is 1. The molecule has 1 rings (SSSR count). The van der Waals surface area contributed by atoms with Crippen molar-refractivity contribution in [1.82, 2.24) is 0 Å². The van der Waals surface area contributed by atoms with E-state index in [1.807, 2.05) is 0 Å². The molecule has 0 aliphatic rings. The van der Waals surface area contributed by atoms with Crippen LogP contribution in [0.25, 0.3) is 0 Å². The summed E-state index contributed by atoms with van der Waals surface area (Å²) < 4.78 is 0. The first-order valence-corrected chi connectivity index (χ1v) is 7.25. The lowest BCUT2D eigenvalue weighted by atomic mass is 10.1. The van der Waals surface area contributed by atoms with E-state index in [0.717, 1.165) is 25.7 Å². The number of hydrogen-bond donors (Lipinski definition) is 0. The first-order valence-electron chi connectivity index (χ1n) is 6.37. The molecule has 0 aromatic carbocycles. The summed E-state index contributed by atoms with van der Waals surface area (Å²) in [7, 11) is 0. The number of Topliss-reactive ketones (excluding diaryl/α,β-unsaturated/α-hetero) is 1. The minimum atomic E-state index is 0.435. The summed E-state index contributed by atoms with van der Waals surface area (Å²) in [4.78, 5) is 12.9. The Hall–Kier alpha value is -0.630. The normalized spacial score (nSPS) is 10.6. The van der Waals surface area contributed by atoms with Crippen LogP contribution in [0.15, 0.2) is 17.5 Å². The highest BCUT2D eigenvalue weighted by Gasteiger charge is 2.03. The largest absolute Gasteiger partial charge is 0.300 e. The maximum absolute atomic E-state index is 11.6. The third-order valence-corrected chi connectivity index (χ3v) is 3.73. The van der Waals surface area contributed by atoms with E-state index in [1.54, 1.807) is 11.3 Å². The molecule has 0 radical (unpaired) electrons. The number of unbranched alkanes of at least 4 members (excludes halogenated alkanes) is 4.